The fraction of sp³-hybridized carbons (Fsp3) is 0.278. The third kappa shape index (κ3) is 11.1. The minimum atomic E-state index is -3.75. The Morgan fingerprint density at radius 1 is 0.837 bits per heavy atom. The number of carbonyl (C=O) groups is 2. The Hall–Kier alpha value is -4.85. The highest BCUT2D eigenvalue weighted by Gasteiger charge is 2.25. The number of amides is 2. The van der Waals surface area contributed by atoms with Crippen LogP contribution in [0.3, 0.4) is 0 Å². The number of carbonyl (C=O) groups excluding carboxylic acids is 2. The first-order chi connectivity index (χ1) is 23.3. The van der Waals surface area contributed by atoms with Crippen LogP contribution in [0, 0.1) is 0 Å². The molecule has 0 aliphatic rings. The Morgan fingerprint density at radius 2 is 1.43 bits per heavy atom. The smallest absolute Gasteiger partial charge is 0.387 e. The monoisotopic (exact) mass is 694 g/mol. The van der Waals surface area contributed by atoms with E-state index >= 15 is 0 Å². The number of aliphatic hydroxyl groups is 1. The number of hydrogen-bond donors (Lipinski definition) is 4. The predicted molar refractivity (Wildman–Crippen MR) is 184 cm³/mol. The molecule has 0 fully saturated rings. The third-order valence-electron chi connectivity index (χ3n) is 7.84. The lowest BCUT2D eigenvalue weighted by atomic mass is 10.00. The molecule has 4 rings (SSSR count). The van der Waals surface area contributed by atoms with Crippen LogP contribution < -0.4 is 25.0 Å². The van der Waals surface area contributed by atoms with Crippen molar-refractivity contribution < 1.29 is 36.6 Å². The summed E-state index contributed by atoms with van der Waals surface area (Å²) in [5, 5.41) is 20.1. The third-order valence-corrected chi connectivity index (χ3v) is 9.04. The lowest BCUT2D eigenvalue weighted by molar-refractivity contribution is -0.0498. The van der Waals surface area contributed by atoms with Crippen molar-refractivity contribution in [2.75, 3.05) is 24.2 Å². The normalized spacial score (nSPS) is 13.3. The number of nitrogens with one attached hydrogen (secondary N) is 3. The average molecular weight is 695 g/mol. The van der Waals surface area contributed by atoms with Crippen LogP contribution >= 0.6 is 0 Å². The van der Waals surface area contributed by atoms with Gasteiger partial charge in [0.05, 0.1) is 30.1 Å². The zero-order valence-corrected chi connectivity index (χ0v) is 28.2. The molecule has 0 bridgehead atoms. The zero-order chi connectivity index (χ0) is 35.6. The van der Waals surface area contributed by atoms with Gasteiger partial charge in [0.2, 0.25) is 10.0 Å². The van der Waals surface area contributed by atoms with Gasteiger partial charge in [-0.25, -0.2) is 8.42 Å². The van der Waals surface area contributed by atoms with Crippen LogP contribution in [-0.2, 0) is 23.0 Å². The maximum absolute atomic E-state index is 13.8. The first-order valence-corrected chi connectivity index (χ1v) is 17.4. The Kier molecular flexibility index (Phi) is 12.8. The molecule has 0 saturated heterocycles. The quantitative estimate of drug-likeness (QED) is 0.134. The molecule has 13 heteroatoms. The van der Waals surface area contributed by atoms with E-state index in [1.54, 1.807) is 12.1 Å². The summed E-state index contributed by atoms with van der Waals surface area (Å²) in [6.45, 7) is -0.892. The van der Waals surface area contributed by atoms with Crippen molar-refractivity contribution in [3.05, 3.63) is 131 Å². The molecule has 0 radical (unpaired) electrons. The van der Waals surface area contributed by atoms with Gasteiger partial charge in [0, 0.05) is 31.3 Å². The number of ether oxygens (including phenoxy) is 1. The summed E-state index contributed by atoms with van der Waals surface area (Å²) < 4.78 is 55.6. The van der Waals surface area contributed by atoms with E-state index in [1.807, 2.05) is 67.6 Å². The van der Waals surface area contributed by atoms with E-state index in [0.29, 0.717) is 5.56 Å². The molecule has 3 atom stereocenters. The van der Waals surface area contributed by atoms with Crippen LogP contribution in [0.5, 0.6) is 5.75 Å². The molecule has 0 saturated carbocycles. The van der Waals surface area contributed by atoms with Gasteiger partial charge in [-0.15, -0.1) is 0 Å². The number of nitrogens with zero attached hydrogens (tertiary/aromatic N) is 1. The van der Waals surface area contributed by atoms with Gasteiger partial charge in [0.25, 0.3) is 11.8 Å². The molecular formula is C36H40F2N4O6S. The summed E-state index contributed by atoms with van der Waals surface area (Å²) in [7, 11) is -2.43. The molecule has 0 aliphatic heterocycles. The summed E-state index contributed by atoms with van der Waals surface area (Å²) >= 11 is 0. The van der Waals surface area contributed by atoms with Gasteiger partial charge in [0.15, 0.2) is 0 Å². The molecule has 4 aromatic carbocycles. The van der Waals surface area contributed by atoms with Gasteiger partial charge in [0.1, 0.15) is 5.75 Å². The largest absolute Gasteiger partial charge is 0.435 e. The molecule has 0 heterocycles. The van der Waals surface area contributed by atoms with Gasteiger partial charge in [-0.2, -0.15) is 8.78 Å². The van der Waals surface area contributed by atoms with E-state index in [0.717, 1.165) is 21.7 Å². The van der Waals surface area contributed by atoms with Crippen LogP contribution in [0.1, 0.15) is 50.4 Å². The van der Waals surface area contributed by atoms with E-state index in [2.05, 4.69) is 20.7 Å². The zero-order valence-electron chi connectivity index (χ0n) is 27.3. The average Bonchev–Trinajstić information content (AvgIpc) is 3.07. The standard InChI is InChI=1S/C36H40F2N4O6S/c1-24(27-14-8-5-9-15-27)40-34(44)28-19-29(21-30(20-28)42(2)49(3,46)47)35(45)41-32(18-25-11-6-4-7-12-25)33(43)23-39-22-26-13-10-16-31(17-26)48-36(37)38/h4-17,19-21,24,32-33,36,39,43H,18,22-23H2,1-3H3,(H,40,44)(H,41,45)/t24-,32+,33-/m1/s1. The summed E-state index contributed by atoms with van der Waals surface area (Å²) in [5.41, 5.74) is 2.53. The number of alkyl halides is 2. The van der Waals surface area contributed by atoms with Crippen LogP contribution in [0.15, 0.2) is 103 Å². The predicted octanol–water partition coefficient (Wildman–Crippen LogP) is 4.67. The SMILES string of the molecule is C[C@@H](NC(=O)c1cc(C(=O)N[C@@H](Cc2ccccc2)[C@H](O)CNCc2cccc(OC(F)F)c2)cc(N(C)S(C)(=O)=O)c1)c1ccccc1. The highest BCUT2D eigenvalue weighted by molar-refractivity contribution is 7.92. The van der Waals surface area contributed by atoms with Crippen molar-refractivity contribution in [1.29, 1.82) is 0 Å². The van der Waals surface area contributed by atoms with E-state index in [-0.39, 0.29) is 48.1 Å². The fourth-order valence-corrected chi connectivity index (χ4v) is 5.58. The Labute approximate surface area is 285 Å². The molecule has 260 valence electrons. The van der Waals surface area contributed by atoms with E-state index < -0.39 is 40.6 Å². The Balaban J connectivity index is 1.56. The molecule has 49 heavy (non-hydrogen) atoms. The number of benzene rings is 4. The molecule has 2 amide bonds. The summed E-state index contributed by atoms with van der Waals surface area (Å²) in [5.74, 6) is -1.14. The van der Waals surface area contributed by atoms with E-state index in [1.165, 1.54) is 37.4 Å². The van der Waals surface area contributed by atoms with Gasteiger partial charge < -0.3 is 25.8 Å². The minimum absolute atomic E-state index is 0.00962. The molecular weight excluding hydrogens is 654 g/mol. The van der Waals surface area contributed by atoms with Crippen LogP contribution in [-0.4, -0.2) is 63.9 Å². The number of hydrogen-bond acceptors (Lipinski definition) is 7. The maximum atomic E-state index is 13.8. The lowest BCUT2D eigenvalue weighted by Gasteiger charge is -2.26. The van der Waals surface area contributed by atoms with Gasteiger partial charge in [-0.1, -0.05) is 72.8 Å². The van der Waals surface area contributed by atoms with Crippen LogP contribution in [0.4, 0.5) is 14.5 Å². The molecule has 0 spiro atoms. The van der Waals surface area contributed by atoms with Crippen molar-refractivity contribution in [2.45, 2.75) is 44.7 Å². The minimum Gasteiger partial charge on any atom is -0.435 e. The molecule has 4 aromatic rings. The summed E-state index contributed by atoms with van der Waals surface area (Å²) in [6.07, 6.45) is 0.150. The second kappa shape index (κ2) is 17.0. The molecule has 4 N–H and O–H groups in total. The Bertz CT molecular complexity index is 1810. The second-order valence-corrected chi connectivity index (χ2v) is 13.6. The molecule has 0 aromatic heterocycles. The van der Waals surface area contributed by atoms with Gasteiger partial charge in [-0.05, 0) is 60.4 Å². The van der Waals surface area contributed by atoms with Gasteiger partial charge >= 0.3 is 6.61 Å². The fourth-order valence-electron chi connectivity index (χ4n) is 5.09. The second-order valence-electron chi connectivity index (χ2n) is 11.6. The van der Waals surface area contributed by atoms with Crippen molar-refractivity contribution in [3.8, 4) is 5.75 Å². The number of rotatable bonds is 16. The lowest BCUT2D eigenvalue weighted by Crippen LogP contribution is -2.48. The molecule has 0 unspecified atom stereocenters. The Morgan fingerprint density at radius 3 is 2.04 bits per heavy atom. The molecule has 10 nitrogen and oxygen atoms in total. The van der Waals surface area contributed by atoms with E-state index in [4.69, 9.17) is 0 Å². The molecule has 0 aliphatic carbocycles. The number of halogens is 2. The highest BCUT2D eigenvalue weighted by atomic mass is 32.2. The number of anilines is 1. The van der Waals surface area contributed by atoms with E-state index in [9.17, 15) is 31.9 Å². The first kappa shape index (κ1) is 37.0. The first-order valence-electron chi connectivity index (χ1n) is 15.5. The number of sulfonamides is 1. The van der Waals surface area contributed by atoms with Crippen molar-refractivity contribution in [2.24, 2.45) is 0 Å². The highest BCUT2D eigenvalue weighted by Crippen LogP contribution is 2.23. The van der Waals surface area contributed by atoms with Crippen molar-refractivity contribution in [1.82, 2.24) is 16.0 Å². The van der Waals surface area contributed by atoms with Crippen LogP contribution in [0.2, 0.25) is 0 Å². The topological polar surface area (TPSA) is 137 Å². The summed E-state index contributed by atoms with van der Waals surface area (Å²) in [4.78, 5) is 27.2. The van der Waals surface area contributed by atoms with Gasteiger partial charge in [-0.3, -0.25) is 13.9 Å². The number of aliphatic hydroxyl groups excluding tert-OH is 1. The van der Waals surface area contributed by atoms with Crippen molar-refractivity contribution in [3.63, 3.8) is 0 Å². The summed E-state index contributed by atoms with van der Waals surface area (Å²) in [6, 6.07) is 27.6. The van der Waals surface area contributed by atoms with Crippen LogP contribution in [0.25, 0.3) is 0 Å². The maximum Gasteiger partial charge on any atom is 0.387 e. The van der Waals surface area contributed by atoms with Crippen molar-refractivity contribution >= 4 is 27.5 Å².